The molecule has 1 N–H and O–H groups in total. The first-order valence-electron chi connectivity index (χ1n) is 6.72. The summed E-state index contributed by atoms with van der Waals surface area (Å²) in [6.45, 7) is 1.83. The van der Waals surface area contributed by atoms with Gasteiger partial charge in [-0.25, -0.2) is 9.37 Å². The fourth-order valence-corrected chi connectivity index (χ4v) is 2.00. The van der Waals surface area contributed by atoms with Crippen molar-refractivity contribution in [3.63, 3.8) is 0 Å². The van der Waals surface area contributed by atoms with E-state index in [4.69, 9.17) is 0 Å². The maximum Gasteiger partial charge on any atom is 0.254 e. The zero-order valence-electron chi connectivity index (χ0n) is 11.6. The lowest BCUT2D eigenvalue weighted by Crippen LogP contribution is -2.33. The fourth-order valence-electron chi connectivity index (χ4n) is 2.00. The van der Waals surface area contributed by atoms with E-state index < -0.39 is 17.7 Å². The van der Waals surface area contributed by atoms with Crippen LogP contribution in [0.25, 0.3) is 0 Å². The van der Waals surface area contributed by atoms with Crippen LogP contribution in [0.4, 0.5) is 8.78 Å². The van der Waals surface area contributed by atoms with Crippen molar-refractivity contribution < 1.29 is 13.6 Å². The molecule has 1 heterocycles. The molecule has 0 saturated heterocycles. The number of pyridine rings is 1. The van der Waals surface area contributed by atoms with Crippen molar-refractivity contribution in [1.82, 2.24) is 10.3 Å². The van der Waals surface area contributed by atoms with E-state index >= 15 is 0 Å². The van der Waals surface area contributed by atoms with E-state index in [0.29, 0.717) is 6.42 Å². The van der Waals surface area contributed by atoms with Crippen molar-refractivity contribution >= 4 is 5.91 Å². The molecular formula is C16H16F2N2O. The van der Waals surface area contributed by atoms with E-state index in [-0.39, 0.29) is 11.6 Å². The lowest BCUT2D eigenvalue weighted by molar-refractivity contribution is 0.0933. The van der Waals surface area contributed by atoms with Crippen LogP contribution in [0.2, 0.25) is 0 Å². The van der Waals surface area contributed by atoms with Crippen LogP contribution in [-0.4, -0.2) is 16.9 Å². The van der Waals surface area contributed by atoms with E-state index in [1.807, 2.05) is 37.3 Å². The van der Waals surface area contributed by atoms with Crippen LogP contribution in [0.15, 0.2) is 42.6 Å². The smallest absolute Gasteiger partial charge is 0.254 e. The monoisotopic (exact) mass is 290 g/mol. The highest BCUT2D eigenvalue weighted by Crippen LogP contribution is 2.10. The fraction of sp³-hybridized carbons (Fsp3) is 0.250. The Balaban J connectivity index is 1.92. The van der Waals surface area contributed by atoms with Crippen molar-refractivity contribution in [2.24, 2.45) is 0 Å². The van der Waals surface area contributed by atoms with Crippen molar-refractivity contribution in [1.29, 1.82) is 0 Å². The minimum Gasteiger partial charge on any atom is -0.349 e. The van der Waals surface area contributed by atoms with Crippen molar-refractivity contribution in [2.75, 3.05) is 0 Å². The van der Waals surface area contributed by atoms with Crippen LogP contribution in [-0.2, 0) is 6.42 Å². The van der Waals surface area contributed by atoms with Crippen molar-refractivity contribution in [3.8, 4) is 0 Å². The minimum absolute atomic E-state index is 0.145. The highest BCUT2D eigenvalue weighted by atomic mass is 19.2. The van der Waals surface area contributed by atoms with Gasteiger partial charge in [0.15, 0.2) is 5.82 Å². The first-order chi connectivity index (χ1) is 10.1. The first kappa shape index (κ1) is 15.1. The number of carbonyl (C=O) groups is 1. The van der Waals surface area contributed by atoms with Gasteiger partial charge in [-0.15, -0.1) is 0 Å². The number of nitrogens with one attached hydrogen (secondary N) is 1. The average molecular weight is 290 g/mol. The van der Waals surface area contributed by atoms with Gasteiger partial charge in [0.25, 0.3) is 5.91 Å². The topological polar surface area (TPSA) is 42.0 Å². The van der Waals surface area contributed by atoms with E-state index in [1.165, 1.54) is 5.56 Å². The molecule has 1 aromatic heterocycles. The van der Waals surface area contributed by atoms with Gasteiger partial charge in [0.2, 0.25) is 5.95 Å². The summed E-state index contributed by atoms with van der Waals surface area (Å²) in [6.07, 6.45) is 2.59. The number of hydrogen-bond acceptors (Lipinski definition) is 2. The Morgan fingerprint density at radius 2 is 1.95 bits per heavy atom. The molecule has 5 heteroatoms. The number of aromatic nitrogens is 1. The molecule has 1 atom stereocenters. The SMILES string of the molecule is CC(CCc1ccccc1)NC(=O)c1ccnc(F)c1F. The van der Waals surface area contributed by atoms with E-state index in [2.05, 4.69) is 10.3 Å². The highest BCUT2D eigenvalue weighted by molar-refractivity contribution is 5.94. The molecule has 0 aliphatic heterocycles. The van der Waals surface area contributed by atoms with E-state index in [0.717, 1.165) is 18.7 Å². The van der Waals surface area contributed by atoms with Gasteiger partial charge >= 0.3 is 0 Å². The Kier molecular flexibility index (Phi) is 4.98. The van der Waals surface area contributed by atoms with Crippen molar-refractivity contribution in [3.05, 3.63) is 65.5 Å². The van der Waals surface area contributed by atoms with Gasteiger partial charge in [-0.3, -0.25) is 4.79 Å². The number of aryl methyl sites for hydroxylation is 1. The zero-order chi connectivity index (χ0) is 15.2. The molecule has 21 heavy (non-hydrogen) atoms. The van der Waals surface area contributed by atoms with Gasteiger partial charge in [0.05, 0.1) is 5.56 Å². The maximum atomic E-state index is 13.5. The Bertz CT molecular complexity index is 617. The molecule has 1 aromatic carbocycles. The number of benzene rings is 1. The average Bonchev–Trinajstić information content (AvgIpc) is 2.49. The zero-order valence-corrected chi connectivity index (χ0v) is 11.6. The van der Waals surface area contributed by atoms with Gasteiger partial charge in [0, 0.05) is 12.2 Å². The summed E-state index contributed by atoms with van der Waals surface area (Å²) < 4.78 is 26.4. The molecule has 0 aliphatic rings. The summed E-state index contributed by atoms with van der Waals surface area (Å²) in [5.74, 6) is -3.11. The largest absolute Gasteiger partial charge is 0.349 e. The Labute approximate surface area is 122 Å². The molecule has 0 aliphatic carbocycles. The van der Waals surface area contributed by atoms with Crippen LogP contribution < -0.4 is 5.32 Å². The summed E-state index contributed by atoms with van der Waals surface area (Å²) in [4.78, 5) is 15.0. The van der Waals surface area contributed by atoms with Crippen molar-refractivity contribution in [2.45, 2.75) is 25.8 Å². The van der Waals surface area contributed by atoms with Crippen LogP contribution in [0.5, 0.6) is 0 Å². The predicted octanol–water partition coefficient (Wildman–Crippen LogP) is 3.11. The standard InChI is InChI=1S/C16H16F2N2O/c1-11(7-8-12-5-3-2-4-6-12)20-16(21)13-9-10-19-15(18)14(13)17/h2-6,9-11H,7-8H2,1H3,(H,20,21). The normalized spacial score (nSPS) is 12.0. The third kappa shape index (κ3) is 4.08. The van der Waals surface area contributed by atoms with E-state index in [1.54, 1.807) is 0 Å². The molecule has 1 unspecified atom stereocenters. The number of halogens is 2. The number of rotatable bonds is 5. The Hall–Kier alpha value is -2.30. The number of nitrogens with zero attached hydrogens (tertiary/aromatic N) is 1. The van der Waals surface area contributed by atoms with Gasteiger partial charge in [-0.2, -0.15) is 4.39 Å². The van der Waals surface area contributed by atoms with Gasteiger partial charge in [-0.05, 0) is 31.4 Å². The molecule has 0 bridgehead atoms. The van der Waals surface area contributed by atoms with Crippen LogP contribution in [0, 0.1) is 11.8 Å². The third-order valence-corrected chi connectivity index (χ3v) is 3.18. The van der Waals surface area contributed by atoms with Crippen LogP contribution in [0.1, 0.15) is 29.3 Å². The first-order valence-corrected chi connectivity index (χ1v) is 6.72. The maximum absolute atomic E-state index is 13.5. The van der Waals surface area contributed by atoms with Crippen LogP contribution in [0.3, 0.4) is 0 Å². The number of amides is 1. The molecule has 0 saturated carbocycles. The molecule has 3 nitrogen and oxygen atoms in total. The molecule has 110 valence electrons. The molecule has 2 aromatic rings. The number of hydrogen-bond donors (Lipinski definition) is 1. The predicted molar refractivity (Wildman–Crippen MR) is 75.8 cm³/mol. The third-order valence-electron chi connectivity index (χ3n) is 3.18. The second-order valence-corrected chi connectivity index (χ2v) is 4.86. The van der Waals surface area contributed by atoms with E-state index in [9.17, 15) is 13.6 Å². The van der Waals surface area contributed by atoms with Crippen LogP contribution >= 0.6 is 0 Å². The Morgan fingerprint density at radius 3 is 2.67 bits per heavy atom. The summed E-state index contributed by atoms with van der Waals surface area (Å²) in [5, 5.41) is 2.66. The second-order valence-electron chi connectivity index (χ2n) is 4.86. The molecule has 0 radical (unpaired) electrons. The summed E-state index contributed by atoms with van der Waals surface area (Å²) in [6, 6.07) is 10.9. The minimum atomic E-state index is -1.26. The summed E-state index contributed by atoms with van der Waals surface area (Å²) in [7, 11) is 0. The van der Waals surface area contributed by atoms with Gasteiger partial charge in [0.1, 0.15) is 0 Å². The highest BCUT2D eigenvalue weighted by Gasteiger charge is 2.17. The lowest BCUT2D eigenvalue weighted by atomic mass is 10.1. The number of carbonyl (C=O) groups excluding carboxylic acids is 1. The lowest BCUT2D eigenvalue weighted by Gasteiger charge is -2.14. The Morgan fingerprint density at radius 1 is 1.24 bits per heavy atom. The summed E-state index contributed by atoms with van der Waals surface area (Å²) >= 11 is 0. The molecule has 2 rings (SSSR count). The second kappa shape index (κ2) is 6.92. The quantitative estimate of drug-likeness (QED) is 0.860. The molecular weight excluding hydrogens is 274 g/mol. The van der Waals surface area contributed by atoms with Gasteiger partial charge in [-0.1, -0.05) is 30.3 Å². The molecule has 0 fully saturated rings. The van der Waals surface area contributed by atoms with Gasteiger partial charge < -0.3 is 5.32 Å². The molecule has 1 amide bonds. The summed E-state index contributed by atoms with van der Waals surface area (Å²) in [5.41, 5.74) is 0.841. The molecule has 0 spiro atoms.